The summed E-state index contributed by atoms with van der Waals surface area (Å²) in [6.07, 6.45) is 2.75. The molecule has 3 amide bonds. The summed E-state index contributed by atoms with van der Waals surface area (Å²) >= 11 is 6.27. The molecule has 2 saturated carbocycles. The molecule has 1 saturated heterocycles. The van der Waals surface area contributed by atoms with Gasteiger partial charge in [-0.3, -0.25) is 19.2 Å². The van der Waals surface area contributed by atoms with Crippen LogP contribution in [0, 0.1) is 37.5 Å². The van der Waals surface area contributed by atoms with E-state index >= 15 is 0 Å². The minimum Gasteiger partial charge on any atom is -0.292 e. The summed E-state index contributed by atoms with van der Waals surface area (Å²) in [5.41, 5.74) is 2.56. The van der Waals surface area contributed by atoms with E-state index in [1.807, 2.05) is 19.9 Å². The lowest BCUT2D eigenvalue weighted by molar-refractivity contribution is -0.154. The van der Waals surface area contributed by atoms with Gasteiger partial charge in [-0.15, -0.1) is 0 Å². The molecular weight excluding hydrogens is 440 g/mol. The van der Waals surface area contributed by atoms with Crippen molar-refractivity contribution in [2.45, 2.75) is 33.1 Å². The van der Waals surface area contributed by atoms with Gasteiger partial charge >= 0.3 is 0 Å². The molecule has 3 aliphatic rings. The lowest BCUT2D eigenvalue weighted by Crippen LogP contribution is -2.52. The highest BCUT2D eigenvalue weighted by Crippen LogP contribution is 2.56. The number of rotatable bonds is 5. The molecule has 7 heteroatoms. The van der Waals surface area contributed by atoms with E-state index in [2.05, 4.69) is 0 Å². The number of hydrogen-bond acceptors (Lipinski definition) is 4. The number of imide groups is 1. The van der Waals surface area contributed by atoms with Gasteiger partial charge in [-0.05, 0) is 74.3 Å². The Morgan fingerprint density at radius 1 is 0.970 bits per heavy atom. The summed E-state index contributed by atoms with van der Waals surface area (Å²) in [6.45, 7) is 3.44. The first-order valence-electron chi connectivity index (χ1n) is 11.3. The number of fused-ring (bicyclic) bond motifs is 5. The van der Waals surface area contributed by atoms with Gasteiger partial charge in [0.15, 0.2) is 5.78 Å². The Morgan fingerprint density at radius 3 is 2.21 bits per heavy atom. The minimum absolute atomic E-state index is 0.146. The molecule has 5 rings (SSSR count). The van der Waals surface area contributed by atoms with Crippen molar-refractivity contribution in [3.63, 3.8) is 0 Å². The fraction of sp³-hybridized carbons (Fsp3) is 0.385. The number of aryl methyl sites for hydroxylation is 2. The van der Waals surface area contributed by atoms with Crippen molar-refractivity contribution in [1.29, 1.82) is 0 Å². The summed E-state index contributed by atoms with van der Waals surface area (Å²) in [7, 11) is 0. The molecule has 1 heterocycles. The molecule has 2 aromatic rings. The zero-order chi connectivity index (χ0) is 23.4. The van der Waals surface area contributed by atoms with Crippen LogP contribution in [0.3, 0.4) is 0 Å². The SMILES string of the molecule is Cc1ccc(C(=O)CN(C(=O)c2ccccc2Cl)N2C(=O)[C@H]3[C@H]4CC[C@@H](C4)[C@@H]3C2=O)cc1C. The topological polar surface area (TPSA) is 74.8 Å². The zero-order valence-corrected chi connectivity index (χ0v) is 19.3. The van der Waals surface area contributed by atoms with Crippen LogP contribution in [0.25, 0.3) is 0 Å². The average molecular weight is 465 g/mol. The molecule has 1 aliphatic heterocycles. The summed E-state index contributed by atoms with van der Waals surface area (Å²) < 4.78 is 0. The maximum Gasteiger partial charge on any atom is 0.274 e. The molecule has 0 spiro atoms. The third-order valence-corrected chi connectivity index (χ3v) is 7.94. The number of carbonyl (C=O) groups excluding carboxylic acids is 4. The molecule has 2 aromatic carbocycles. The molecule has 33 heavy (non-hydrogen) atoms. The normalized spacial score (nSPS) is 25.5. The van der Waals surface area contributed by atoms with Crippen LogP contribution in [-0.4, -0.2) is 40.1 Å². The Morgan fingerprint density at radius 2 is 1.61 bits per heavy atom. The van der Waals surface area contributed by atoms with Crippen LogP contribution in [-0.2, 0) is 9.59 Å². The van der Waals surface area contributed by atoms with E-state index in [0.717, 1.165) is 40.4 Å². The molecule has 4 atom stereocenters. The zero-order valence-electron chi connectivity index (χ0n) is 18.6. The lowest BCUT2D eigenvalue weighted by atomic mass is 9.81. The minimum atomic E-state index is -0.633. The number of benzene rings is 2. The molecule has 3 fully saturated rings. The number of amides is 3. The first-order valence-corrected chi connectivity index (χ1v) is 11.7. The first-order chi connectivity index (χ1) is 15.8. The Bertz CT molecular complexity index is 1160. The Balaban J connectivity index is 1.52. The number of ketones is 1. The predicted octanol–water partition coefficient (Wildman–Crippen LogP) is 4.23. The van der Waals surface area contributed by atoms with Gasteiger partial charge in [-0.25, -0.2) is 5.01 Å². The van der Waals surface area contributed by atoms with Crippen LogP contribution in [0.4, 0.5) is 0 Å². The molecule has 2 bridgehead atoms. The molecule has 0 unspecified atom stereocenters. The average Bonchev–Trinajstić information content (AvgIpc) is 3.48. The maximum atomic E-state index is 13.6. The molecule has 0 N–H and O–H groups in total. The maximum absolute atomic E-state index is 13.6. The largest absolute Gasteiger partial charge is 0.292 e. The van der Waals surface area contributed by atoms with Crippen LogP contribution < -0.4 is 0 Å². The standard InChI is InChI=1S/C26H25ClN2O4/c1-14-7-8-16(11-15(14)2)21(30)13-28(24(31)19-5-3-4-6-20(19)27)29-25(32)22-17-9-10-18(12-17)23(22)26(29)33/h3-8,11,17-18,22-23H,9-10,12-13H2,1-2H3/t17-,18-,22-,23-/m0/s1. The van der Waals surface area contributed by atoms with Gasteiger partial charge in [-0.1, -0.05) is 35.9 Å². The highest BCUT2D eigenvalue weighted by Gasteiger charge is 2.62. The molecule has 0 radical (unpaired) electrons. The Hall–Kier alpha value is -2.99. The summed E-state index contributed by atoms with van der Waals surface area (Å²) in [6, 6.07) is 11.8. The van der Waals surface area contributed by atoms with Gasteiger partial charge in [0.05, 0.1) is 22.4 Å². The number of carbonyl (C=O) groups is 4. The van der Waals surface area contributed by atoms with E-state index in [4.69, 9.17) is 11.6 Å². The summed E-state index contributed by atoms with van der Waals surface area (Å²) in [4.78, 5) is 53.7. The molecule has 2 aliphatic carbocycles. The van der Waals surface area contributed by atoms with Gasteiger partial charge in [0.1, 0.15) is 6.54 Å². The van der Waals surface area contributed by atoms with Crippen LogP contribution in [0.15, 0.2) is 42.5 Å². The van der Waals surface area contributed by atoms with E-state index in [9.17, 15) is 19.2 Å². The predicted molar refractivity (Wildman–Crippen MR) is 122 cm³/mol. The summed E-state index contributed by atoms with van der Waals surface area (Å²) in [5.74, 6) is -2.16. The van der Waals surface area contributed by atoms with Crippen LogP contribution in [0.1, 0.15) is 51.1 Å². The Kier molecular flexibility index (Phi) is 5.36. The van der Waals surface area contributed by atoms with Crippen molar-refractivity contribution in [2.24, 2.45) is 23.7 Å². The Labute approximate surface area is 197 Å². The van der Waals surface area contributed by atoms with Gasteiger partial charge in [-0.2, -0.15) is 5.01 Å². The van der Waals surface area contributed by atoms with Crippen molar-refractivity contribution < 1.29 is 19.2 Å². The van der Waals surface area contributed by atoms with E-state index in [1.165, 1.54) is 6.07 Å². The molecular formula is C26H25ClN2O4. The monoisotopic (exact) mass is 464 g/mol. The van der Waals surface area contributed by atoms with Crippen LogP contribution in [0.5, 0.6) is 0 Å². The molecule has 170 valence electrons. The smallest absolute Gasteiger partial charge is 0.274 e. The van der Waals surface area contributed by atoms with Gasteiger partial charge in [0.2, 0.25) is 0 Å². The van der Waals surface area contributed by atoms with Crippen molar-refractivity contribution >= 4 is 35.1 Å². The van der Waals surface area contributed by atoms with E-state index in [-0.39, 0.29) is 40.0 Å². The number of nitrogens with zero attached hydrogens (tertiary/aromatic N) is 2. The number of halogens is 1. The van der Waals surface area contributed by atoms with Gasteiger partial charge in [0.25, 0.3) is 17.7 Å². The highest BCUT2D eigenvalue weighted by atomic mass is 35.5. The molecule has 6 nitrogen and oxygen atoms in total. The fourth-order valence-corrected chi connectivity index (χ4v) is 6.00. The number of hydrazine groups is 1. The van der Waals surface area contributed by atoms with Crippen molar-refractivity contribution in [3.8, 4) is 0 Å². The van der Waals surface area contributed by atoms with Gasteiger partial charge < -0.3 is 0 Å². The van der Waals surface area contributed by atoms with E-state index in [1.54, 1.807) is 30.3 Å². The quantitative estimate of drug-likeness (QED) is 0.490. The first kappa shape index (κ1) is 21.8. The van der Waals surface area contributed by atoms with Crippen LogP contribution >= 0.6 is 11.6 Å². The lowest BCUT2D eigenvalue weighted by Gasteiger charge is -2.31. The van der Waals surface area contributed by atoms with Crippen molar-refractivity contribution in [2.75, 3.05) is 6.54 Å². The second kappa shape index (κ2) is 8.10. The third kappa shape index (κ3) is 3.48. The summed E-state index contributed by atoms with van der Waals surface area (Å²) in [5, 5.41) is 2.16. The second-order valence-corrected chi connectivity index (χ2v) is 9.85. The molecule has 0 aromatic heterocycles. The van der Waals surface area contributed by atoms with Crippen molar-refractivity contribution in [1.82, 2.24) is 10.0 Å². The highest BCUT2D eigenvalue weighted by molar-refractivity contribution is 6.34. The fourth-order valence-electron chi connectivity index (χ4n) is 5.78. The third-order valence-electron chi connectivity index (χ3n) is 7.61. The van der Waals surface area contributed by atoms with E-state index < -0.39 is 24.3 Å². The van der Waals surface area contributed by atoms with Crippen LogP contribution in [0.2, 0.25) is 5.02 Å². The number of hydrogen-bond donors (Lipinski definition) is 0. The second-order valence-electron chi connectivity index (χ2n) is 9.44. The van der Waals surface area contributed by atoms with Crippen molar-refractivity contribution in [3.05, 3.63) is 69.7 Å². The van der Waals surface area contributed by atoms with Gasteiger partial charge in [0, 0.05) is 5.56 Å². The number of Topliss-reactive ketones (excluding diaryl/α,β-unsaturated/α-hetero) is 1. The van der Waals surface area contributed by atoms with E-state index in [0.29, 0.717) is 5.56 Å².